The Balaban J connectivity index is 1.96. The maximum atomic E-state index is 12.5. The van der Waals surface area contributed by atoms with E-state index in [1.807, 2.05) is 47.8 Å². The van der Waals surface area contributed by atoms with Crippen LogP contribution in [0.15, 0.2) is 60.1 Å². The zero-order valence-corrected chi connectivity index (χ0v) is 11.5. The lowest BCUT2D eigenvalue weighted by molar-refractivity contribution is 0.0955. The topological polar surface area (TPSA) is 60.9 Å². The van der Waals surface area contributed by atoms with Gasteiger partial charge in [-0.3, -0.25) is 4.79 Å². The molecule has 5 heteroatoms. The highest BCUT2D eigenvalue weighted by Gasteiger charge is 2.22. The molecular formula is C15H13N3OS. The van der Waals surface area contributed by atoms with E-state index in [0.29, 0.717) is 5.69 Å². The molecule has 0 radical (unpaired) electrons. The molecule has 0 spiro atoms. The predicted molar refractivity (Wildman–Crippen MR) is 79.1 cm³/mol. The molecule has 0 amide bonds. The van der Waals surface area contributed by atoms with Gasteiger partial charge >= 0.3 is 0 Å². The van der Waals surface area contributed by atoms with Crippen molar-refractivity contribution in [3.05, 3.63) is 70.7 Å². The van der Waals surface area contributed by atoms with Gasteiger partial charge in [-0.1, -0.05) is 24.3 Å². The number of aromatic nitrogens is 2. The van der Waals surface area contributed by atoms with E-state index >= 15 is 0 Å². The van der Waals surface area contributed by atoms with Gasteiger partial charge in [-0.05, 0) is 29.6 Å². The van der Waals surface area contributed by atoms with Gasteiger partial charge in [0.25, 0.3) is 0 Å². The van der Waals surface area contributed by atoms with Crippen LogP contribution in [-0.2, 0) is 0 Å². The number of Topliss-reactive ketones (excluding diaryl/α,β-unsaturated/α-hetero) is 1. The summed E-state index contributed by atoms with van der Waals surface area (Å²) in [5.41, 5.74) is 7.38. The third kappa shape index (κ3) is 2.29. The Hall–Kier alpha value is -2.24. The smallest absolute Gasteiger partial charge is 0.203 e. The fraction of sp³-hybridized carbons (Fsp3) is 0.0667. The first kappa shape index (κ1) is 12.8. The molecule has 100 valence electrons. The van der Waals surface area contributed by atoms with Gasteiger partial charge in [-0.25, -0.2) is 4.68 Å². The van der Waals surface area contributed by atoms with Crippen molar-refractivity contribution in [2.45, 2.75) is 6.04 Å². The van der Waals surface area contributed by atoms with Crippen molar-refractivity contribution < 1.29 is 4.79 Å². The van der Waals surface area contributed by atoms with E-state index in [2.05, 4.69) is 5.10 Å². The highest BCUT2D eigenvalue weighted by molar-refractivity contribution is 7.10. The molecule has 1 unspecified atom stereocenters. The molecule has 1 aromatic carbocycles. The van der Waals surface area contributed by atoms with Crippen molar-refractivity contribution in [3.8, 4) is 5.69 Å². The zero-order chi connectivity index (χ0) is 13.9. The number of para-hydroxylation sites is 1. The minimum Gasteiger partial charge on any atom is -0.317 e. The number of hydrogen-bond acceptors (Lipinski definition) is 4. The molecular weight excluding hydrogens is 270 g/mol. The Morgan fingerprint density at radius 3 is 2.65 bits per heavy atom. The second kappa shape index (κ2) is 5.40. The van der Waals surface area contributed by atoms with Gasteiger partial charge < -0.3 is 5.73 Å². The van der Waals surface area contributed by atoms with Crippen LogP contribution < -0.4 is 5.73 Å². The molecule has 0 saturated carbocycles. The van der Waals surface area contributed by atoms with Crippen LogP contribution in [0.3, 0.4) is 0 Å². The molecule has 0 aliphatic heterocycles. The van der Waals surface area contributed by atoms with E-state index < -0.39 is 6.04 Å². The van der Waals surface area contributed by atoms with Crippen molar-refractivity contribution in [1.29, 1.82) is 0 Å². The summed E-state index contributed by atoms with van der Waals surface area (Å²) < 4.78 is 1.62. The third-order valence-corrected chi connectivity index (χ3v) is 3.98. The van der Waals surface area contributed by atoms with Crippen molar-refractivity contribution in [2.24, 2.45) is 5.73 Å². The number of benzene rings is 1. The SMILES string of the molecule is NC(C(=O)c1ccnn1-c1ccccc1)c1cccs1. The first-order chi connectivity index (χ1) is 9.77. The van der Waals surface area contributed by atoms with Crippen LogP contribution in [-0.4, -0.2) is 15.6 Å². The Morgan fingerprint density at radius 2 is 1.95 bits per heavy atom. The van der Waals surface area contributed by atoms with Gasteiger partial charge in [0.15, 0.2) is 0 Å². The number of carbonyl (C=O) groups excluding carboxylic acids is 1. The highest BCUT2D eigenvalue weighted by atomic mass is 32.1. The number of nitrogens with two attached hydrogens (primary N) is 1. The Labute approximate surface area is 120 Å². The lowest BCUT2D eigenvalue weighted by atomic mass is 10.1. The standard InChI is InChI=1S/C15H13N3OS/c16-14(13-7-4-10-20-13)15(19)12-8-9-17-18(12)11-5-2-1-3-6-11/h1-10,14H,16H2. The van der Waals surface area contributed by atoms with Gasteiger partial charge in [-0.15, -0.1) is 11.3 Å². The van der Waals surface area contributed by atoms with Crippen LogP contribution in [0.1, 0.15) is 21.4 Å². The van der Waals surface area contributed by atoms with Gasteiger partial charge in [0.05, 0.1) is 11.9 Å². The number of ketones is 1. The van der Waals surface area contributed by atoms with Crippen molar-refractivity contribution >= 4 is 17.1 Å². The maximum Gasteiger partial charge on any atom is 0.203 e. The number of rotatable bonds is 4. The average Bonchev–Trinajstić information content (AvgIpc) is 3.17. The van der Waals surface area contributed by atoms with E-state index in [9.17, 15) is 4.79 Å². The second-order valence-electron chi connectivity index (χ2n) is 4.32. The molecule has 4 nitrogen and oxygen atoms in total. The Bertz CT molecular complexity index is 704. The van der Waals surface area contributed by atoms with Crippen LogP contribution in [0.25, 0.3) is 5.69 Å². The minimum atomic E-state index is -0.644. The number of carbonyl (C=O) groups is 1. The van der Waals surface area contributed by atoms with Gasteiger partial charge in [-0.2, -0.15) is 5.10 Å². The lowest BCUT2D eigenvalue weighted by Crippen LogP contribution is -2.23. The van der Waals surface area contributed by atoms with Crippen LogP contribution in [0.4, 0.5) is 0 Å². The molecule has 2 heterocycles. The monoisotopic (exact) mass is 283 g/mol. The summed E-state index contributed by atoms with van der Waals surface area (Å²) in [6.45, 7) is 0. The summed E-state index contributed by atoms with van der Waals surface area (Å²) in [6, 6.07) is 14.4. The molecule has 0 saturated heterocycles. The maximum absolute atomic E-state index is 12.5. The molecule has 2 aromatic heterocycles. The summed E-state index contributed by atoms with van der Waals surface area (Å²) >= 11 is 1.48. The summed E-state index contributed by atoms with van der Waals surface area (Å²) in [5, 5.41) is 6.13. The molecule has 0 fully saturated rings. The summed E-state index contributed by atoms with van der Waals surface area (Å²) in [5.74, 6) is -0.131. The fourth-order valence-corrected chi connectivity index (χ4v) is 2.75. The van der Waals surface area contributed by atoms with Crippen molar-refractivity contribution in [3.63, 3.8) is 0 Å². The fourth-order valence-electron chi connectivity index (χ4n) is 2.02. The summed E-state index contributed by atoms with van der Waals surface area (Å²) in [7, 11) is 0. The Morgan fingerprint density at radius 1 is 1.15 bits per heavy atom. The lowest BCUT2D eigenvalue weighted by Gasteiger charge is -2.10. The van der Waals surface area contributed by atoms with Gasteiger partial charge in [0, 0.05) is 4.88 Å². The molecule has 2 N–H and O–H groups in total. The average molecular weight is 283 g/mol. The van der Waals surface area contributed by atoms with E-state index in [1.54, 1.807) is 16.9 Å². The van der Waals surface area contributed by atoms with E-state index in [0.717, 1.165) is 10.6 Å². The van der Waals surface area contributed by atoms with Crippen LogP contribution in [0, 0.1) is 0 Å². The van der Waals surface area contributed by atoms with Crippen LogP contribution in [0.2, 0.25) is 0 Å². The van der Waals surface area contributed by atoms with Crippen LogP contribution in [0.5, 0.6) is 0 Å². The van der Waals surface area contributed by atoms with E-state index in [4.69, 9.17) is 5.73 Å². The first-order valence-corrected chi connectivity index (χ1v) is 7.08. The normalized spacial score (nSPS) is 12.2. The van der Waals surface area contributed by atoms with Crippen LogP contribution >= 0.6 is 11.3 Å². The van der Waals surface area contributed by atoms with E-state index in [1.165, 1.54) is 11.3 Å². The zero-order valence-electron chi connectivity index (χ0n) is 10.6. The molecule has 3 rings (SSSR count). The first-order valence-electron chi connectivity index (χ1n) is 6.20. The Kier molecular flexibility index (Phi) is 3.45. The molecule has 0 aliphatic rings. The number of thiophene rings is 1. The summed E-state index contributed by atoms with van der Waals surface area (Å²) in [4.78, 5) is 13.4. The molecule has 0 bridgehead atoms. The third-order valence-electron chi connectivity index (χ3n) is 3.03. The second-order valence-corrected chi connectivity index (χ2v) is 5.30. The molecule has 20 heavy (non-hydrogen) atoms. The predicted octanol–water partition coefficient (Wildman–Crippen LogP) is 2.82. The number of nitrogens with zero attached hydrogens (tertiary/aromatic N) is 2. The van der Waals surface area contributed by atoms with Gasteiger partial charge in [0.1, 0.15) is 11.7 Å². The minimum absolute atomic E-state index is 0.131. The van der Waals surface area contributed by atoms with Gasteiger partial charge in [0.2, 0.25) is 5.78 Å². The van der Waals surface area contributed by atoms with E-state index in [-0.39, 0.29) is 5.78 Å². The largest absolute Gasteiger partial charge is 0.317 e. The number of hydrogen-bond donors (Lipinski definition) is 1. The quantitative estimate of drug-likeness (QED) is 0.749. The molecule has 3 aromatic rings. The highest BCUT2D eigenvalue weighted by Crippen LogP contribution is 2.21. The van der Waals surface area contributed by atoms with Crippen molar-refractivity contribution in [2.75, 3.05) is 0 Å². The molecule has 1 atom stereocenters. The summed E-state index contributed by atoms with van der Waals surface area (Å²) in [6.07, 6.45) is 1.61. The van der Waals surface area contributed by atoms with Crippen molar-refractivity contribution in [1.82, 2.24) is 9.78 Å². The molecule has 0 aliphatic carbocycles.